The first kappa shape index (κ1) is 14.4. The molecule has 1 aliphatic rings. The van der Waals surface area contributed by atoms with E-state index in [4.69, 9.17) is 4.74 Å². The van der Waals surface area contributed by atoms with Gasteiger partial charge in [-0.05, 0) is 10.7 Å². The Bertz CT molecular complexity index is 499. The van der Waals surface area contributed by atoms with Crippen molar-refractivity contribution < 1.29 is 22.3 Å². The summed E-state index contributed by atoms with van der Waals surface area (Å²) in [7, 11) is 7.09. The average Bonchev–Trinajstić information content (AvgIpc) is 2.24. The van der Waals surface area contributed by atoms with E-state index >= 15 is 0 Å². The SMILES string of the molecule is BC1(B)NC(B)(B)C1Oc1c(F)c(F)cc(F)c1F. The molecule has 0 aromatic heterocycles. The maximum absolute atomic E-state index is 13.5. The van der Waals surface area contributed by atoms with Gasteiger partial charge >= 0.3 is 0 Å². The zero-order valence-corrected chi connectivity index (χ0v) is 11.1. The van der Waals surface area contributed by atoms with E-state index in [1.165, 1.54) is 0 Å². The largest absolute Gasteiger partial charge is 0.483 e. The van der Waals surface area contributed by atoms with Crippen LogP contribution in [0, 0.1) is 23.3 Å². The van der Waals surface area contributed by atoms with Crippen molar-refractivity contribution in [1.82, 2.24) is 5.32 Å². The lowest BCUT2D eigenvalue weighted by Crippen LogP contribution is -2.86. The van der Waals surface area contributed by atoms with Crippen molar-refractivity contribution in [1.29, 1.82) is 0 Å². The lowest BCUT2D eigenvalue weighted by molar-refractivity contribution is 0.0524. The number of nitrogens with one attached hydrogen (secondary N) is 1. The highest BCUT2D eigenvalue weighted by molar-refractivity contribution is 6.49. The van der Waals surface area contributed by atoms with Gasteiger partial charge in [0, 0.05) is 6.07 Å². The van der Waals surface area contributed by atoms with Gasteiger partial charge in [0.15, 0.2) is 17.4 Å². The molecule has 19 heavy (non-hydrogen) atoms. The molecule has 0 radical (unpaired) electrons. The van der Waals surface area contributed by atoms with Crippen LogP contribution in [-0.4, -0.2) is 48.2 Å². The van der Waals surface area contributed by atoms with Crippen LogP contribution >= 0.6 is 0 Å². The van der Waals surface area contributed by atoms with E-state index in [0.29, 0.717) is 0 Å². The minimum absolute atomic E-state index is 0.160. The van der Waals surface area contributed by atoms with E-state index in [-0.39, 0.29) is 6.07 Å². The Hall–Kier alpha value is -1.04. The van der Waals surface area contributed by atoms with Crippen molar-refractivity contribution in [3.8, 4) is 5.75 Å². The molecule has 98 valence electrons. The predicted molar refractivity (Wildman–Crippen MR) is 73.5 cm³/mol. The molecular formula is C9H11B4F4NO. The van der Waals surface area contributed by atoms with Crippen molar-refractivity contribution in [2.75, 3.05) is 0 Å². The summed E-state index contributed by atoms with van der Waals surface area (Å²) in [6, 6.07) is 0.160. The minimum Gasteiger partial charge on any atom is -0.483 e. The molecule has 2 nitrogen and oxygen atoms in total. The van der Waals surface area contributed by atoms with Crippen LogP contribution in [0.3, 0.4) is 0 Å². The monoisotopic (exact) mass is 269 g/mol. The van der Waals surface area contributed by atoms with Crippen molar-refractivity contribution in [3.05, 3.63) is 29.3 Å². The first-order chi connectivity index (χ1) is 8.56. The Morgan fingerprint density at radius 2 is 1.37 bits per heavy atom. The molecule has 1 aromatic rings. The molecular weight excluding hydrogens is 257 g/mol. The standard InChI is InChI=1S/C9H11B4F4NO/c10-8(11)7(9(12,13)18-8)19-6-4(16)2(14)1-3(15)5(6)17/h1,7,18H,10-13H2. The Morgan fingerprint density at radius 3 is 1.74 bits per heavy atom. The second kappa shape index (κ2) is 4.23. The first-order valence-electron chi connectivity index (χ1n) is 5.85. The van der Waals surface area contributed by atoms with Crippen LogP contribution in [0.5, 0.6) is 5.75 Å². The molecule has 1 aliphatic heterocycles. The topological polar surface area (TPSA) is 21.3 Å². The smallest absolute Gasteiger partial charge is 0.203 e. The van der Waals surface area contributed by atoms with Crippen LogP contribution in [-0.2, 0) is 0 Å². The minimum atomic E-state index is -1.52. The maximum Gasteiger partial charge on any atom is 0.203 e. The first-order valence-corrected chi connectivity index (χ1v) is 5.85. The van der Waals surface area contributed by atoms with Crippen molar-refractivity contribution in [2.24, 2.45) is 0 Å². The molecule has 0 bridgehead atoms. The van der Waals surface area contributed by atoms with Gasteiger partial charge in [-0.3, -0.25) is 0 Å². The average molecular weight is 268 g/mol. The van der Waals surface area contributed by atoms with E-state index in [1.807, 2.05) is 0 Å². The summed E-state index contributed by atoms with van der Waals surface area (Å²) < 4.78 is 58.5. The highest BCUT2D eigenvalue weighted by Gasteiger charge is 2.54. The normalized spacial score (nSPS) is 20.8. The second-order valence-electron chi connectivity index (χ2n) is 5.86. The molecule has 0 unspecified atom stereocenters. The molecule has 0 saturated carbocycles. The van der Waals surface area contributed by atoms with Gasteiger partial charge < -0.3 is 10.1 Å². The van der Waals surface area contributed by atoms with Gasteiger partial charge in [-0.25, -0.2) is 8.78 Å². The fourth-order valence-corrected chi connectivity index (χ4v) is 2.85. The van der Waals surface area contributed by atoms with Crippen LogP contribution in [0.2, 0.25) is 0 Å². The zero-order chi connectivity index (χ0) is 14.6. The van der Waals surface area contributed by atoms with E-state index in [0.717, 1.165) is 0 Å². The van der Waals surface area contributed by atoms with Crippen molar-refractivity contribution in [3.63, 3.8) is 0 Å². The van der Waals surface area contributed by atoms with Gasteiger partial charge in [0.1, 0.15) is 37.5 Å². The summed E-state index contributed by atoms with van der Waals surface area (Å²) in [6.45, 7) is 0. The number of ether oxygens (including phenoxy) is 1. The number of hydrogen-bond donors (Lipinski definition) is 1. The van der Waals surface area contributed by atoms with Crippen LogP contribution in [0.25, 0.3) is 0 Å². The van der Waals surface area contributed by atoms with E-state index in [9.17, 15) is 17.6 Å². The molecule has 1 saturated heterocycles. The van der Waals surface area contributed by atoms with Gasteiger partial charge in [-0.1, -0.05) is 0 Å². The Morgan fingerprint density at radius 1 is 0.947 bits per heavy atom. The molecule has 1 fully saturated rings. The Balaban J connectivity index is 2.39. The molecule has 0 atom stereocenters. The molecule has 0 spiro atoms. The van der Waals surface area contributed by atoms with Gasteiger partial charge in [-0.2, -0.15) is 8.78 Å². The molecule has 2 rings (SSSR count). The summed E-state index contributed by atoms with van der Waals surface area (Å²) >= 11 is 0. The van der Waals surface area contributed by atoms with Crippen LogP contribution in [0.1, 0.15) is 0 Å². The molecule has 0 aliphatic carbocycles. The lowest BCUT2D eigenvalue weighted by atomic mass is 9.38. The fourth-order valence-electron chi connectivity index (χ4n) is 2.85. The summed E-state index contributed by atoms with van der Waals surface area (Å²) in [5.41, 5.74) is 0. The molecule has 1 heterocycles. The van der Waals surface area contributed by atoms with E-state index < -0.39 is 45.8 Å². The van der Waals surface area contributed by atoms with Crippen LogP contribution in [0.15, 0.2) is 6.07 Å². The summed E-state index contributed by atoms with van der Waals surface area (Å²) in [5.74, 6) is -6.99. The number of rotatable bonds is 2. The zero-order valence-electron chi connectivity index (χ0n) is 11.1. The van der Waals surface area contributed by atoms with Crippen LogP contribution < -0.4 is 10.1 Å². The van der Waals surface area contributed by atoms with Gasteiger partial charge in [0.25, 0.3) is 0 Å². The third-order valence-corrected chi connectivity index (χ3v) is 3.26. The maximum atomic E-state index is 13.5. The van der Waals surface area contributed by atoms with Gasteiger partial charge in [0.2, 0.25) is 11.6 Å². The molecule has 0 amide bonds. The Kier molecular flexibility index (Phi) is 3.20. The van der Waals surface area contributed by atoms with Crippen LogP contribution in [0.4, 0.5) is 17.6 Å². The second-order valence-corrected chi connectivity index (χ2v) is 5.86. The quantitative estimate of drug-likeness (QED) is 0.362. The number of halogens is 4. The predicted octanol–water partition coefficient (Wildman–Crippen LogP) is -2.57. The fraction of sp³-hybridized carbons (Fsp3) is 0.333. The lowest BCUT2D eigenvalue weighted by Gasteiger charge is -2.59. The van der Waals surface area contributed by atoms with Gasteiger partial charge in [0.05, 0.1) is 0 Å². The summed E-state index contributed by atoms with van der Waals surface area (Å²) in [4.78, 5) is 0. The third-order valence-electron chi connectivity index (χ3n) is 3.26. The molecule has 10 heteroatoms. The summed E-state index contributed by atoms with van der Waals surface area (Å²) in [6.07, 6.45) is -0.620. The van der Waals surface area contributed by atoms with Crippen molar-refractivity contribution in [2.45, 2.75) is 16.8 Å². The van der Waals surface area contributed by atoms with Gasteiger partial charge in [-0.15, -0.1) is 0 Å². The summed E-state index contributed by atoms with van der Waals surface area (Å²) in [5, 5.41) is 2.04. The number of hydrogen-bond acceptors (Lipinski definition) is 2. The third kappa shape index (κ3) is 2.26. The molecule has 1 N–H and O–H groups in total. The molecule has 1 aromatic carbocycles. The Labute approximate surface area is 111 Å². The highest BCUT2D eigenvalue weighted by atomic mass is 19.2. The highest BCUT2D eigenvalue weighted by Crippen LogP contribution is 2.34. The van der Waals surface area contributed by atoms with Crippen molar-refractivity contribution >= 4 is 31.4 Å². The number of benzene rings is 1. The van der Waals surface area contributed by atoms with E-state index in [2.05, 4.69) is 5.32 Å². The van der Waals surface area contributed by atoms with E-state index in [1.54, 1.807) is 31.4 Å².